The summed E-state index contributed by atoms with van der Waals surface area (Å²) in [5.74, 6) is 0. The maximum Gasteiger partial charge on any atom is 0.410 e. The van der Waals surface area contributed by atoms with Gasteiger partial charge in [-0.25, -0.2) is 9.48 Å². The fourth-order valence-corrected chi connectivity index (χ4v) is 3.00. The largest absolute Gasteiger partial charge is 0.444 e. The molecular weight excluding hydrogens is 375 g/mol. The summed E-state index contributed by atoms with van der Waals surface area (Å²) in [6.45, 7) is 7.17. The Hall–Kier alpha value is -0.900. The third kappa shape index (κ3) is 2.50. The first kappa shape index (κ1) is 14.1. The molecule has 2 atom stereocenters. The first-order chi connectivity index (χ1) is 9.35. The van der Waals surface area contributed by atoms with Crippen LogP contribution in [0.3, 0.4) is 0 Å². The first-order valence-corrected chi connectivity index (χ1v) is 7.62. The molecule has 0 aliphatic carbocycles. The van der Waals surface area contributed by atoms with Crippen molar-refractivity contribution in [2.24, 2.45) is 0 Å². The monoisotopic (exact) mass is 392 g/mol. The number of likely N-dealkylation sites (tertiary alicyclic amines) is 1. The number of rotatable bonds is 0. The summed E-state index contributed by atoms with van der Waals surface area (Å²) in [5, 5.41) is 8.24. The number of aromatic nitrogens is 3. The zero-order chi connectivity index (χ0) is 14.5. The predicted molar refractivity (Wildman–Crippen MR) is 78.2 cm³/mol. The van der Waals surface area contributed by atoms with E-state index in [0.717, 1.165) is 9.39 Å². The summed E-state index contributed by atoms with van der Waals surface area (Å²) in [5.41, 5.74) is 0.498. The van der Waals surface area contributed by atoms with Gasteiger partial charge < -0.3 is 14.4 Å². The van der Waals surface area contributed by atoms with Crippen LogP contribution in [0.5, 0.6) is 0 Å². The Morgan fingerprint density at radius 2 is 2.20 bits per heavy atom. The normalized spacial score (nSPS) is 25.3. The molecule has 2 aliphatic heterocycles. The van der Waals surface area contributed by atoms with Gasteiger partial charge in [0.1, 0.15) is 9.30 Å². The number of carbonyl (C=O) groups is 1. The molecule has 0 saturated carbocycles. The van der Waals surface area contributed by atoms with E-state index in [1.807, 2.05) is 25.5 Å². The van der Waals surface area contributed by atoms with E-state index < -0.39 is 5.60 Å². The van der Waals surface area contributed by atoms with Gasteiger partial charge in [0.15, 0.2) is 0 Å². The number of hydrogen-bond acceptors (Lipinski definition) is 5. The van der Waals surface area contributed by atoms with E-state index in [2.05, 4.69) is 32.9 Å². The standard InChI is InChI=1S/C12H17IN4O3/c1-12(2,3)20-11(18)16-4-7-9(5-16)19-6-8-10(13)14-15-17(7)8/h7,9H,4-6H2,1-3H3. The zero-order valence-electron chi connectivity index (χ0n) is 11.7. The Bertz CT molecular complexity index is 539. The lowest BCUT2D eigenvalue weighted by molar-refractivity contribution is -0.00777. The Morgan fingerprint density at radius 1 is 1.45 bits per heavy atom. The van der Waals surface area contributed by atoms with Gasteiger partial charge in [0, 0.05) is 6.54 Å². The molecule has 1 fully saturated rings. The van der Waals surface area contributed by atoms with Crippen molar-refractivity contribution >= 4 is 28.7 Å². The lowest BCUT2D eigenvalue weighted by atomic mass is 10.2. The lowest BCUT2D eigenvalue weighted by Crippen LogP contribution is -2.36. The van der Waals surface area contributed by atoms with Crippen molar-refractivity contribution in [3.63, 3.8) is 0 Å². The second-order valence-corrected chi connectivity index (χ2v) is 7.10. The Balaban J connectivity index is 1.75. The van der Waals surface area contributed by atoms with Gasteiger partial charge in [-0.2, -0.15) is 0 Å². The van der Waals surface area contributed by atoms with Gasteiger partial charge in [0.2, 0.25) is 0 Å². The van der Waals surface area contributed by atoms with Crippen LogP contribution in [0.1, 0.15) is 32.5 Å². The SMILES string of the molecule is CC(C)(C)OC(=O)N1CC2OCc3c(I)nnn3C2C1. The molecule has 0 bridgehead atoms. The third-order valence-electron chi connectivity index (χ3n) is 3.38. The van der Waals surface area contributed by atoms with E-state index in [4.69, 9.17) is 9.47 Å². The Morgan fingerprint density at radius 3 is 2.90 bits per heavy atom. The topological polar surface area (TPSA) is 69.5 Å². The fourth-order valence-electron chi connectivity index (χ4n) is 2.50. The van der Waals surface area contributed by atoms with Crippen LogP contribution in [0.4, 0.5) is 4.79 Å². The van der Waals surface area contributed by atoms with Gasteiger partial charge in [-0.3, -0.25) is 0 Å². The highest BCUT2D eigenvalue weighted by Gasteiger charge is 2.43. The summed E-state index contributed by atoms with van der Waals surface area (Å²) < 4.78 is 14.0. The number of carbonyl (C=O) groups excluding carboxylic acids is 1. The number of hydrogen-bond donors (Lipinski definition) is 0. The van der Waals surface area contributed by atoms with E-state index in [0.29, 0.717) is 19.7 Å². The summed E-state index contributed by atoms with van der Waals surface area (Å²) in [7, 11) is 0. The number of fused-ring (bicyclic) bond motifs is 3. The van der Waals surface area contributed by atoms with Crippen LogP contribution in [0, 0.1) is 3.70 Å². The second kappa shape index (κ2) is 4.83. The smallest absolute Gasteiger partial charge is 0.410 e. The van der Waals surface area contributed by atoms with Crippen LogP contribution in [-0.4, -0.2) is 50.8 Å². The highest BCUT2D eigenvalue weighted by molar-refractivity contribution is 14.1. The van der Waals surface area contributed by atoms with Crippen LogP contribution in [0.15, 0.2) is 0 Å². The van der Waals surface area contributed by atoms with Crippen molar-refractivity contribution in [3.05, 3.63) is 9.39 Å². The van der Waals surface area contributed by atoms with Gasteiger partial charge >= 0.3 is 6.09 Å². The van der Waals surface area contributed by atoms with Crippen LogP contribution < -0.4 is 0 Å². The Kier molecular flexibility index (Phi) is 3.39. The third-order valence-corrected chi connectivity index (χ3v) is 4.22. The van der Waals surface area contributed by atoms with Gasteiger partial charge in [-0.15, -0.1) is 5.10 Å². The van der Waals surface area contributed by atoms with E-state index in [-0.39, 0.29) is 18.2 Å². The summed E-state index contributed by atoms with van der Waals surface area (Å²) in [6, 6.07) is 0.0299. The molecule has 110 valence electrons. The van der Waals surface area contributed by atoms with E-state index in [1.165, 1.54) is 0 Å². The molecule has 2 aliphatic rings. The van der Waals surface area contributed by atoms with Crippen molar-refractivity contribution in [2.45, 2.75) is 45.1 Å². The van der Waals surface area contributed by atoms with E-state index in [1.54, 1.807) is 4.90 Å². The molecule has 8 heteroatoms. The molecule has 7 nitrogen and oxygen atoms in total. The average Bonchev–Trinajstić information content (AvgIpc) is 2.90. The van der Waals surface area contributed by atoms with Gasteiger partial charge in [0.25, 0.3) is 0 Å². The molecule has 1 saturated heterocycles. The predicted octanol–water partition coefficient (Wildman–Crippen LogP) is 1.57. The van der Waals surface area contributed by atoms with Crippen molar-refractivity contribution in [1.29, 1.82) is 0 Å². The van der Waals surface area contributed by atoms with Crippen molar-refractivity contribution in [1.82, 2.24) is 19.9 Å². The number of halogens is 1. The zero-order valence-corrected chi connectivity index (χ0v) is 13.8. The first-order valence-electron chi connectivity index (χ1n) is 6.54. The summed E-state index contributed by atoms with van der Waals surface area (Å²) in [4.78, 5) is 13.8. The van der Waals surface area contributed by atoms with Gasteiger partial charge in [-0.05, 0) is 43.4 Å². The molecular formula is C12H17IN4O3. The van der Waals surface area contributed by atoms with Crippen LogP contribution in [0.25, 0.3) is 0 Å². The number of ether oxygens (including phenoxy) is 2. The molecule has 3 heterocycles. The van der Waals surface area contributed by atoms with Crippen molar-refractivity contribution in [3.8, 4) is 0 Å². The molecule has 1 amide bonds. The number of nitrogens with zero attached hydrogens (tertiary/aromatic N) is 4. The fraction of sp³-hybridized carbons (Fsp3) is 0.750. The van der Waals surface area contributed by atoms with E-state index >= 15 is 0 Å². The van der Waals surface area contributed by atoms with Crippen molar-refractivity contribution in [2.75, 3.05) is 13.1 Å². The maximum absolute atomic E-state index is 12.1. The molecule has 0 aromatic carbocycles. The van der Waals surface area contributed by atoms with Crippen LogP contribution in [-0.2, 0) is 16.1 Å². The minimum atomic E-state index is -0.487. The highest BCUT2D eigenvalue weighted by Crippen LogP contribution is 2.32. The quantitative estimate of drug-likeness (QED) is 0.627. The molecule has 1 aromatic rings. The minimum absolute atomic E-state index is 0.0299. The molecule has 1 aromatic heterocycles. The minimum Gasteiger partial charge on any atom is -0.444 e. The average molecular weight is 392 g/mol. The summed E-state index contributed by atoms with van der Waals surface area (Å²) >= 11 is 2.15. The van der Waals surface area contributed by atoms with E-state index in [9.17, 15) is 4.79 Å². The van der Waals surface area contributed by atoms with Gasteiger partial charge in [-0.1, -0.05) is 5.21 Å². The van der Waals surface area contributed by atoms with Crippen LogP contribution in [0.2, 0.25) is 0 Å². The Labute approximate surface area is 130 Å². The van der Waals surface area contributed by atoms with Crippen LogP contribution >= 0.6 is 22.6 Å². The summed E-state index contributed by atoms with van der Waals surface area (Å²) in [6.07, 6.45) is -0.334. The van der Waals surface area contributed by atoms with Crippen molar-refractivity contribution < 1.29 is 14.3 Å². The maximum atomic E-state index is 12.1. The molecule has 3 rings (SSSR count). The lowest BCUT2D eigenvalue weighted by Gasteiger charge is -2.25. The van der Waals surface area contributed by atoms with Gasteiger partial charge in [0.05, 0.1) is 31.0 Å². The highest BCUT2D eigenvalue weighted by atomic mass is 127. The second-order valence-electron chi connectivity index (χ2n) is 6.07. The molecule has 0 N–H and O–H groups in total. The molecule has 2 unspecified atom stereocenters. The number of amides is 1. The molecule has 0 radical (unpaired) electrons. The molecule has 20 heavy (non-hydrogen) atoms. The molecule has 0 spiro atoms.